The van der Waals surface area contributed by atoms with Gasteiger partial charge >= 0.3 is 0 Å². The van der Waals surface area contributed by atoms with Crippen molar-refractivity contribution in [3.63, 3.8) is 0 Å². The second-order valence-corrected chi connectivity index (χ2v) is 6.98. The topological polar surface area (TPSA) is 26.8 Å². The lowest BCUT2D eigenvalue weighted by molar-refractivity contribution is -0.120. The van der Waals surface area contributed by atoms with Crippen LogP contribution in [0.3, 0.4) is 0 Å². The molecule has 0 atom stereocenters. The highest BCUT2D eigenvalue weighted by Crippen LogP contribution is 2.14. The second kappa shape index (κ2) is 10.0. The van der Waals surface area contributed by atoms with Gasteiger partial charge in [-0.1, -0.05) is 54.6 Å². The van der Waals surface area contributed by atoms with Crippen molar-refractivity contribution >= 4 is 11.6 Å². The van der Waals surface area contributed by atoms with Crippen molar-refractivity contribution in [3.8, 4) is 0 Å². The van der Waals surface area contributed by atoms with E-state index in [0.717, 1.165) is 44.8 Å². The molecule has 1 amide bonds. The fourth-order valence-corrected chi connectivity index (χ4v) is 3.47. The molecule has 0 spiro atoms. The van der Waals surface area contributed by atoms with Gasteiger partial charge in [-0.05, 0) is 24.1 Å². The number of nitrogens with zero attached hydrogens (tertiary/aromatic N) is 3. The van der Waals surface area contributed by atoms with Gasteiger partial charge in [0.25, 0.3) is 0 Å². The number of piperazine rings is 1. The van der Waals surface area contributed by atoms with Crippen molar-refractivity contribution in [2.75, 3.05) is 50.7 Å². The molecule has 0 saturated carbocycles. The third-order valence-corrected chi connectivity index (χ3v) is 5.06. The zero-order valence-corrected chi connectivity index (χ0v) is 16.0. The molecule has 4 nitrogen and oxygen atoms in total. The van der Waals surface area contributed by atoms with E-state index in [0.29, 0.717) is 13.1 Å². The van der Waals surface area contributed by atoms with Crippen LogP contribution >= 0.6 is 0 Å². The number of rotatable bonds is 8. The molecule has 0 unspecified atom stereocenters. The van der Waals surface area contributed by atoms with E-state index in [-0.39, 0.29) is 5.91 Å². The lowest BCUT2D eigenvalue weighted by Crippen LogP contribution is -2.50. The molecular weight excluding hydrogens is 334 g/mol. The first-order valence-electron chi connectivity index (χ1n) is 9.71. The minimum atomic E-state index is 0.138. The van der Waals surface area contributed by atoms with E-state index >= 15 is 0 Å². The molecule has 0 aliphatic carbocycles. The summed E-state index contributed by atoms with van der Waals surface area (Å²) in [4.78, 5) is 19.4. The minimum Gasteiger partial charge on any atom is -0.308 e. The van der Waals surface area contributed by atoms with Gasteiger partial charge in [0, 0.05) is 45.0 Å². The number of carbonyl (C=O) groups is 1. The van der Waals surface area contributed by atoms with Gasteiger partial charge in [0.1, 0.15) is 0 Å². The van der Waals surface area contributed by atoms with Gasteiger partial charge in [-0.3, -0.25) is 9.69 Å². The second-order valence-electron chi connectivity index (χ2n) is 6.98. The molecule has 1 heterocycles. The molecule has 1 fully saturated rings. The van der Waals surface area contributed by atoms with Crippen LogP contribution in [0.2, 0.25) is 0 Å². The molecule has 0 radical (unpaired) electrons. The average molecular weight is 364 g/mol. The minimum absolute atomic E-state index is 0.138. The van der Waals surface area contributed by atoms with E-state index in [4.69, 9.17) is 0 Å². The molecule has 4 heteroatoms. The van der Waals surface area contributed by atoms with E-state index in [1.54, 1.807) is 6.08 Å². The van der Waals surface area contributed by atoms with Crippen LogP contribution in [-0.2, 0) is 11.2 Å². The van der Waals surface area contributed by atoms with Gasteiger partial charge in [0.2, 0.25) is 5.91 Å². The summed E-state index contributed by atoms with van der Waals surface area (Å²) in [6.07, 6.45) is 2.87. The van der Waals surface area contributed by atoms with Gasteiger partial charge in [-0.25, -0.2) is 0 Å². The summed E-state index contributed by atoms with van der Waals surface area (Å²) in [5.74, 6) is 0.138. The Kier molecular flexibility index (Phi) is 7.19. The van der Waals surface area contributed by atoms with Crippen molar-refractivity contribution in [1.29, 1.82) is 0 Å². The molecule has 1 saturated heterocycles. The summed E-state index contributed by atoms with van der Waals surface area (Å²) in [5.41, 5.74) is 2.32. The molecule has 1 aliphatic rings. The van der Waals surface area contributed by atoms with Gasteiger partial charge in [-0.15, -0.1) is 6.58 Å². The molecule has 142 valence electrons. The SMILES string of the molecule is C=CCN(C(=O)CN1CCN(CCc2ccccc2)CC1)c1ccccc1. The van der Waals surface area contributed by atoms with E-state index in [1.165, 1.54) is 5.56 Å². The number of hydrogen-bond donors (Lipinski definition) is 0. The van der Waals surface area contributed by atoms with Gasteiger partial charge in [-0.2, -0.15) is 0 Å². The summed E-state index contributed by atoms with van der Waals surface area (Å²) in [6.45, 7) is 9.81. The van der Waals surface area contributed by atoms with Crippen LogP contribution in [0.4, 0.5) is 5.69 Å². The summed E-state index contributed by atoms with van der Waals surface area (Å²) in [5, 5.41) is 0. The Bertz CT molecular complexity index is 709. The van der Waals surface area contributed by atoms with Crippen LogP contribution in [0.1, 0.15) is 5.56 Å². The standard InChI is InChI=1S/C23H29N3O/c1-2-14-26(22-11-7-4-8-12-22)23(27)20-25-18-16-24(17-19-25)15-13-21-9-5-3-6-10-21/h2-12H,1,13-20H2. The van der Waals surface area contributed by atoms with Crippen LogP contribution in [0, 0.1) is 0 Å². The highest BCUT2D eigenvalue weighted by molar-refractivity contribution is 5.95. The number of anilines is 1. The molecular formula is C23H29N3O. The predicted octanol–water partition coefficient (Wildman–Crippen LogP) is 3.07. The number of hydrogen-bond acceptors (Lipinski definition) is 3. The van der Waals surface area contributed by atoms with Crippen molar-refractivity contribution < 1.29 is 4.79 Å². The first kappa shape index (κ1) is 19.3. The number of para-hydroxylation sites is 1. The summed E-state index contributed by atoms with van der Waals surface area (Å²) in [7, 11) is 0. The predicted molar refractivity (Wildman–Crippen MR) is 112 cm³/mol. The van der Waals surface area contributed by atoms with Crippen molar-refractivity contribution in [2.24, 2.45) is 0 Å². The van der Waals surface area contributed by atoms with Crippen LogP contribution in [0.25, 0.3) is 0 Å². The van der Waals surface area contributed by atoms with E-state index < -0.39 is 0 Å². The fourth-order valence-electron chi connectivity index (χ4n) is 3.47. The lowest BCUT2D eigenvalue weighted by Gasteiger charge is -2.35. The molecule has 27 heavy (non-hydrogen) atoms. The number of amides is 1. The highest BCUT2D eigenvalue weighted by Gasteiger charge is 2.22. The summed E-state index contributed by atoms with van der Waals surface area (Å²) in [6, 6.07) is 20.5. The Morgan fingerprint density at radius 2 is 1.52 bits per heavy atom. The zero-order chi connectivity index (χ0) is 18.9. The fraction of sp³-hybridized carbons (Fsp3) is 0.348. The van der Waals surface area contributed by atoms with Gasteiger partial charge in [0.05, 0.1) is 6.54 Å². The maximum absolute atomic E-state index is 12.8. The molecule has 1 aliphatic heterocycles. The molecule has 2 aromatic carbocycles. The largest absolute Gasteiger partial charge is 0.308 e. The van der Waals surface area contributed by atoms with Crippen LogP contribution < -0.4 is 4.90 Å². The molecule has 0 bridgehead atoms. The average Bonchev–Trinajstić information content (AvgIpc) is 2.73. The first-order valence-corrected chi connectivity index (χ1v) is 9.71. The normalized spacial score (nSPS) is 15.4. The third-order valence-electron chi connectivity index (χ3n) is 5.06. The van der Waals surface area contributed by atoms with Crippen molar-refractivity contribution in [2.45, 2.75) is 6.42 Å². The molecule has 0 aromatic heterocycles. The highest BCUT2D eigenvalue weighted by atomic mass is 16.2. The van der Waals surface area contributed by atoms with Gasteiger partial charge < -0.3 is 9.80 Å². The van der Waals surface area contributed by atoms with E-state index in [9.17, 15) is 4.79 Å². The Morgan fingerprint density at radius 1 is 0.926 bits per heavy atom. The Hall–Kier alpha value is -2.43. The molecule has 0 N–H and O–H groups in total. The Morgan fingerprint density at radius 3 is 2.15 bits per heavy atom. The number of carbonyl (C=O) groups excluding carboxylic acids is 1. The molecule has 3 rings (SSSR count). The third kappa shape index (κ3) is 5.78. The first-order chi connectivity index (χ1) is 13.3. The van der Waals surface area contributed by atoms with Crippen molar-refractivity contribution in [3.05, 3.63) is 78.9 Å². The van der Waals surface area contributed by atoms with E-state index in [1.807, 2.05) is 35.2 Å². The Balaban J connectivity index is 1.46. The maximum atomic E-state index is 12.8. The van der Waals surface area contributed by atoms with Crippen LogP contribution in [-0.4, -0.2) is 61.5 Å². The van der Waals surface area contributed by atoms with Crippen molar-refractivity contribution in [1.82, 2.24) is 9.80 Å². The maximum Gasteiger partial charge on any atom is 0.241 e. The van der Waals surface area contributed by atoms with E-state index in [2.05, 4.69) is 46.7 Å². The zero-order valence-electron chi connectivity index (χ0n) is 16.0. The summed E-state index contributed by atoms with van der Waals surface area (Å²) < 4.78 is 0. The quantitative estimate of drug-likeness (QED) is 0.675. The Labute approximate surface area is 162 Å². The van der Waals surface area contributed by atoms with Crippen LogP contribution in [0.15, 0.2) is 73.3 Å². The monoisotopic (exact) mass is 363 g/mol. The molecule has 2 aromatic rings. The van der Waals surface area contributed by atoms with Crippen LogP contribution in [0.5, 0.6) is 0 Å². The number of benzene rings is 2. The van der Waals surface area contributed by atoms with Gasteiger partial charge in [0.15, 0.2) is 0 Å². The smallest absolute Gasteiger partial charge is 0.241 e. The summed E-state index contributed by atoms with van der Waals surface area (Å²) >= 11 is 0. The lowest BCUT2D eigenvalue weighted by atomic mass is 10.1.